The van der Waals surface area contributed by atoms with Crippen LogP contribution in [0, 0.1) is 17.2 Å². The van der Waals surface area contributed by atoms with E-state index in [-0.39, 0.29) is 5.54 Å². The van der Waals surface area contributed by atoms with E-state index in [4.69, 9.17) is 22.5 Å². The van der Waals surface area contributed by atoms with Crippen molar-refractivity contribution in [3.8, 4) is 16.9 Å². The summed E-state index contributed by atoms with van der Waals surface area (Å²) in [5.41, 5.74) is 1.93. The first-order valence-electron chi connectivity index (χ1n) is 12.7. The zero-order chi connectivity index (χ0) is 25.8. The molecule has 0 aromatic carbocycles. The van der Waals surface area contributed by atoms with Gasteiger partial charge in [-0.3, -0.25) is 9.12 Å². The molecular formula is C25H32N8OS3. The molecule has 12 heteroatoms. The van der Waals surface area contributed by atoms with Crippen LogP contribution in [0.5, 0.6) is 0 Å². The molecule has 2 saturated carbocycles. The van der Waals surface area contributed by atoms with Gasteiger partial charge in [0.15, 0.2) is 10.8 Å². The van der Waals surface area contributed by atoms with Crippen molar-refractivity contribution in [3.63, 3.8) is 0 Å². The Labute approximate surface area is 231 Å². The van der Waals surface area contributed by atoms with E-state index in [9.17, 15) is 5.26 Å². The minimum absolute atomic E-state index is 0.204. The number of ether oxygens (including phenoxy) is 1. The summed E-state index contributed by atoms with van der Waals surface area (Å²) in [4.78, 5) is 8.38. The highest BCUT2D eigenvalue weighted by Gasteiger charge is 2.48. The molecule has 3 aromatic heterocycles. The Hall–Kier alpha value is -1.88. The first-order valence-corrected chi connectivity index (χ1v) is 14.8. The van der Waals surface area contributed by atoms with Gasteiger partial charge in [0, 0.05) is 55.3 Å². The molecule has 9 nitrogen and oxygen atoms in total. The van der Waals surface area contributed by atoms with Crippen molar-refractivity contribution in [1.29, 1.82) is 5.26 Å². The Bertz CT molecular complexity index is 1340. The average Bonchev–Trinajstić information content (AvgIpc) is 3.76. The second-order valence-electron chi connectivity index (χ2n) is 10.8. The van der Waals surface area contributed by atoms with Gasteiger partial charge in [-0.25, -0.2) is 9.29 Å². The number of methoxy groups -OCH3 is 1. The second kappa shape index (κ2) is 9.70. The van der Waals surface area contributed by atoms with Crippen LogP contribution >= 0.6 is 36.1 Å². The summed E-state index contributed by atoms with van der Waals surface area (Å²) in [7, 11) is 1.77. The summed E-state index contributed by atoms with van der Waals surface area (Å²) in [5.74, 6) is 1.08. The third-order valence-corrected chi connectivity index (χ3v) is 10.7. The van der Waals surface area contributed by atoms with Crippen LogP contribution in [-0.2, 0) is 10.2 Å². The Morgan fingerprint density at radius 1 is 1.30 bits per heavy atom. The van der Waals surface area contributed by atoms with Crippen molar-refractivity contribution >= 4 is 47.3 Å². The number of nitrogens with one attached hydrogen (secondary N) is 1. The van der Waals surface area contributed by atoms with Crippen LogP contribution in [0.3, 0.4) is 0 Å². The van der Waals surface area contributed by atoms with Crippen molar-refractivity contribution in [2.75, 3.05) is 38.3 Å². The molecule has 3 aliphatic rings. The number of rotatable bonds is 8. The summed E-state index contributed by atoms with van der Waals surface area (Å²) >= 11 is 7.94. The lowest BCUT2D eigenvalue weighted by atomic mass is 10.0. The highest BCUT2D eigenvalue weighted by Crippen LogP contribution is 2.49. The van der Waals surface area contributed by atoms with Gasteiger partial charge in [-0.2, -0.15) is 5.26 Å². The fourth-order valence-corrected chi connectivity index (χ4v) is 7.03. The van der Waals surface area contributed by atoms with Crippen LogP contribution in [0.4, 0.5) is 5.69 Å². The van der Waals surface area contributed by atoms with E-state index in [2.05, 4.69) is 60.7 Å². The van der Waals surface area contributed by atoms with Gasteiger partial charge in [-0.15, -0.1) is 10.2 Å². The molecule has 2 unspecified atom stereocenters. The molecule has 1 N–H and O–H groups in total. The minimum atomic E-state index is -0.448. The molecule has 6 rings (SSSR count). The number of aromatic nitrogens is 4. The fourth-order valence-electron chi connectivity index (χ4n) is 4.82. The van der Waals surface area contributed by atoms with Crippen molar-refractivity contribution < 1.29 is 4.74 Å². The van der Waals surface area contributed by atoms with Crippen LogP contribution < -0.4 is 9.62 Å². The van der Waals surface area contributed by atoms with Crippen LogP contribution in [0.15, 0.2) is 23.4 Å². The molecule has 4 heterocycles. The van der Waals surface area contributed by atoms with Gasteiger partial charge < -0.3 is 9.64 Å². The number of pyridine rings is 1. The third kappa shape index (κ3) is 4.86. The van der Waals surface area contributed by atoms with E-state index in [0.29, 0.717) is 18.6 Å². The number of hydrogen-bond acceptors (Lipinski definition) is 11. The van der Waals surface area contributed by atoms with Crippen LogP contribution in [0.2, 0.25) is 0 Å². The molecule has 0 amide bonds. The number of imidazole rings is 1. The quantitative estimate of drug-likeness (QED) is 0.313. The van der Waals surface area contributed by atoms with Gasteiger partial charge in [-0.05, 0) is 57.5 Å². The molecule has 0 bridgehead atoms. The number of thiol groups is 1. The number of fused-ring (bicyclic) bond motifs is 1. The van der Waals surface area contributed by atoms with E-state index < -0.39 is 5.41 Å². The summed E-state index contributed by atoms with van der Waals surface area (Å²) in [5, 5.41) is 20.0. The predicted molar refractivity (Wildman–Crippen MR) is 150 cm³/mol. The minimum Gasteiger partial charge on any atom is -0.384 e. The predicted octanol–water partition coefficient (Wildman–Crippen LogP) is 4.18. The lowest BCUT2D eigenvalue weighted by molar-refractivity contribution is 0.127. The third-order valence-electron chi connectivity index (χ3n) is 7.93. The number of anilines is 1. The lowest BCUT2D eigenvalue weighted by Gasteiger charge is -2.29. The number of nitrogens with zero attached hydrogens (tertiary/aromatic N) is 7. The van der Waals surface area contributed by atoms with Crippen LogP contribution in [0.1, 0.15) is 44.5 Å². The Balaban J connectivity index is 1.40. The van der Waals surface area contributed by atoms with Gasteiger partial charge in [0.1, 0.15) is 10.4 Å². The van der Waals surface area contributed by atoms with E-state index >= 15 is 0 Å². The molecule has 37 heavy (non-hydrogen) atoms. The SMILES string of the molecule is COCC1CN(c2cc(SNC3(C)CC3)cn3c(-c4nnc(C5(C#N)CC5)s4)ncc23)CCN(S)C1C. The average molecular weight is 557 g/mol. The molecule has 196 valence electrons. The molecular weight excluding hydrogens is 525 g/mol. The Kier molecular flexibility index (Phi) is 6.66. The first kappa shape index (κ1) is 25.4. The van der Waals surface area contributed by atoms with Gasteiger partial charge in [0.2, 0.25) is 0 Å². The van der Waals surface area contributed by atoms with E-state index in [1.54, 1.807) is 19.1 Å². The molecule has 1 saturated heterocycles. The van der Waals surface area contributed by atoms with Gasteiger partial charge in [-0.1, -0.05) is 24.2 Å². The summed E-state index contributed by atoms with van der Waals surface area (Å²) in [6.07, 6.45) is 8.17. The molecule has 0 spiro atoms. The zero-order valence-corrected chi connectivity index (χ0v) is 23.9. The molecule has 3 fully saturated rings. The van der Waals surface area contributed by atoms with Crippen molar-refractivity contribution in [1.82, 2.24) is 28.6 Å². The van der Waals surface area contributed by atoms with E-state index in [0.717, 1.165) is 64.4 Å². The topological polar surface area (TPSA) is 94.6 Å². The fraction of sp³-hybridized carbons (Fsp3) is 0.600. The lowest BCUT2D eigenvalue weighted by Crippen LogP contribution is -2.36. The van der Waals surface area contributed by atoms with E-state index in [1.807, 2.05) is 6.20 Å². The maximum Gasteiger partial charge on any atom is 0.183 e. The normalized spacial score (nSPS) is 24.7. The number of nitriles is 1. The highest BCUT2D eigenvalue weighted by atomic mass is 32.2. The summed E-state index contributed by atoms with van der Waals surface area (Å²) in [6, 6.07) is 5.00. The Morgan fingerprint density at radius 2 is 2.11 bits per heavy atom. The molecule has 1 aliphatic heterocycles. The highest BCUT2D eigenvalue weighted by molar-refractivity contribution is 7.97. The monoisotopic (exact) mass is 556 g/mol. The van der Waals surface area contributed by atoms with Crippen molar-refractivity contribution in [2.24, 2.45) is 5.92 Å². The zero-order valence-electron chi connectivity index (χ0n) is 21.3. The second-order valence-corrected chi connectivity index (χ2v) is 13.2. The Morgan fingerprint density at radius 3 is 2.81 bits per heavy atom. The van der Waals surface area contributed by atoms with Crippen molar-refractivity contribution in [3.05, 3.63) is 23.5 Å². The van der Waals surface area contributed by atoms with Crippen LogP contribution in [-0.4, -0.2) is 68.8 Å². The van der Waals surface area contributed by atoms with Crippen LogP contribution in [0.25, 0.3) is 16.3 Å². The molecule has 0 radical (unpaired) electrons. The maximum atomic E-state index is 9.62. The number of hydrogen-bond donors (Lipinski definition) is 2. The standard InChI is InChI=1S/C25H32N8OS3/c1-16-17(14-34-3)12-31(8-9-33(16)35)19-10-18(37-30-24(2)4-5-24)13-32-20(19)11-27-21(32)22-28-29-23(36-22)25(15-26)6-7-25/h10-11,13,16-17,30,35H,4-9,12,14H2,1-3H3. The van der Waals surface area contributed by atoms with Gasteiger partial charge in [0.05, 0.1) is 30.1 Å². The van der Waals surface area contributed by atoms with Gasteiger partial charge in [0.25, 0.3) is 0 Å². The molecule has 3 aromatic rings. The largest absolute Gasteiger partial charge is 0.384 e. The smallest absolute Gasteiger partial charge is 0.183 e. The summed E-state index contributed by atoms with van der Waals surface area (Å²) < 4.78 is 13.5. The molecule has 2 atom stereocenters. The maximum absolute atomic E-state index is 9.62. The summed E-state index contributed by atoms with van der Waals surface area (Å²) in [6.45, 7) is 7.74. The first-order chi connectivity index (χ1) is 17.8. The van der Waals surface area contributed by atoms with E-state index in [1.165, 1.54) is 24.2 Å². The van der Waals surface area contributed by atoms with Crippen molar-refractivity contribution in [2.45, 2.75) is 61.4 Å². The van der Waals surface area contributed by atoms with Gasteiger partial charge >= 0.3 is 0 Å². The molecule has 2 aliphatic carbocycles.